The highest BCUT2D eigenvalue weighted by Crippen LogP contribution is 2.32. The highest BCUT2D eigenvalue weighted by molar-refractivity contribution is 7.10. The number of amides is 1. The summed E-state index contributed by atoms with van der Waals surface area (Å²) < 4.78 is 0. The summed E-state index contributed by atoms with van der Waals surface area (Å²) >= 11 is 1.52. The molecule has 1 heterocycles. The van der Waals surface area contributed by atoms with Crippen molar-refractivity contribution in [1.29, 1.82) is 0 Å². The molecule has 0 aliphatic heterocycles. The number of hydrogen-bond acceptors (Lipinski definition) is 3. The number of hydrogen-bond donors (Lipinski definition) is 2. The smallest absolute Gasteiger partial charge is 0.328 e. The first-order valence-corrected chi connectivity index (χ1v) is 6.76. The van der Waals surface area contributed by atoms with Crippen LogP contribution in [0.25, 0.3) is 6.08 Å². The van der Waals surface area contributed by atoms with Crippen molar-refractivity contribution < 1.29 is 14.7 Å². The molecule has 18 heavy (non-hydrogen) atoms. The molecule has 2 N–H and O–H groups in total. The predicted octanol–water partition coefficient (Wildman–Crippen LogP) is 2.26. The SMILES string of the molecule is O=C(O)C=Cc1csc(CNC(=O)CC2CC2)c1. The van der Waals surface area contributed by atoms with Crippen molar-refractivity contribution in [3.05, 3.63) is 28.0 Å². The van der Waals surface area contributed by atoms with Gasteiger partial charge < -0.3 is 10.4 Å². The zero-order chi connectivity index (χ0) is 13.0. The minimum absolute atomic E-state index is 0.105. The topological polar surface area (TPSA) is 66.4 Å². The van der Waals surface area contributed by atoms with E-state index in [1.54, 1.807) is 6.08 Å². The Bertz CT molecular complexity index is 474. The first-order valence-electron chi connectivity index (χ1n) is 5.88. The van der Waals surface area contributed by atoms with E-state index in [2.05, 4.69) is 5.32 Å². The van der Waals surface area contributed by atoms with Gasteiger partial charge in [-0.2, -0.15) is 0 Å². The molecule has 1 aromatic heterocycles. The molecule has 96 valence electrons. The van der Waals surface area contributed by atoms with Crippen molar-refractivity contribution in [1.82, 2.24) is 5.32 Å². The van der Waals surface area contributed by atoms with E-state index in [1.807, 2.05) is 11.4 Å². The number of carbonyl (C=O) groups is 2. The van der Waals surface area contributed by atoms with Crippen LogP contribution in [0.15, 0.2) is 17.5 Å². The van der Waals surface area contributed by atoms with Crippen LogP contribution in [0.1, 0.15) is 29.7 Å². The lowest BCUT2D eigenvalue weighted by atomic mass is 10.2. The molecule has 0 atom stereocenters. The third-order valence-corrected chi connectivity index (χ3v) is 3.68. The van der Waals surface area contributed by atoms with Gasteiger partial charge in [0.05, 0.1) is 6.54 Å². The van der Waals surface area contributed by atoms with E-state index in [0.29, 0.717) is 18.9 Å². The molecule has 1 fully saturated rings. The van der Waals surface area contributed by atoms with Crippen LogP contribution in [-0.4, -0.2) is 17.0 Å². The van der Waals surface area contributed by atoms with Crippen LogP contribution >= 0.6 is 11.3 Å². The maximum Gasteiger partial charge on any atom is 0.328 e. The average Bonchev–Trinajstić information content (AvgIpc) is 3.01. The average molecular weight is 265 g/mol. The van der Waals surface area contributed by atoms with Gasteiger partial charge in [0.25, 0.3) is 0 Å². The van der Waals surface area contributed by atoms with E-state index in [1.165, 1.54) is 24.2 Å². The van der Waals surface area contributed by atoms with Crippen molar-refractivity contribution in [3.63, 3.8) is 0 Å². The van der Waals surface area contributed by atoms with Gasteiger partial charge in [-0.25, -0.2) is 4.79 Å². The Morgan fingerprint density at radius 2 is 2.28 bits per heavy atom. The van der Waals surface area contributed by atoms with Crippen LogP contribution in [0.2, 0.25) is 0 Å². The van der Waals surface area contributed by atoms with E-state index in [4.69, 9.17) is 5.11 Å². The molecule has 0 spiro atoms. The lowest BCUT2D eigenvalue weighted by molar-refractivity contribution is -0.131. The van der Waals surface area contributed by atoms with E-state index < -0.39 is 5.97 Å². The van der Waals surface area contributed by atoms with Gasteiger partial charge in [0, 0.05) is 17.4 Å². The third kappa shape index (κ3) is 4.33. The van der Waals surface area contributed by atoms with Crippen LogP contribution in [0.4, 0.5) is 0 Å². The minimum Gasteiger partial charge on any atom is -0.478 e. The fourth-order valence-corrected chi connectivity index (χ4v) is 2.38. The van der Waals surface area contributed by atoms with Crippen molar-refractivity contribution >= 4 is 29.3 Å². The Balaban J connectivity index is 1.78. The standard InChI is InChI=1S/C13H15NO3S/c15-12(6-9-1-2-9)14-7-11-5-10(8-18-11)3-4-13(16)17/h3-5,8-9H,1-2,6-7H2,(H,14,15)(H,16,17). The Morgan fingerprint density at radius 1 is 1.50 bits per heavy atom. The van der Waals surface area contributed by atoms with E-state index in [-0.39, 0.29) is 5.91 Å². The number of nitrogens with one attached hydrogen (secondary N) is 1. The second kappa shape index (κ2) is 5.82. The van der Waals surface area contributed by atoms with Crippen molar-refractivity contribution in [2.45, 2.75) is 25.8 Å². The van der Waals surface area contributed by atoms with Gasteiger partial charge in [-0.1, -0.05) is 0 Å². The number of carboxylic acid groups (broad SMARTS) is 1. The fourth-order valence-electron chi connectivity index (χ4n) is 1.59. The molecule has 2 rings (SSSR count). The summed E-state index contributed by atoms with van der Waals surface area (Å²) in [5.74, 6) is -0.253. The zero-order valence-corrected chi connectivity index (χ0v) is 10.7. The summed E-state index contributed by atoms with van der Waals surface area (Å²) in [4.78, 5) is 22.9. The molecule has 1 amide bonds. The Labute approximate surface area is 109 Å². The monoisotopic (exact) mass is 265 g/mol. The lowest BCUT2D eigenvalue weighted by Crippen LogP contribution is -2.22. The van der Waals surface area contributed by atoms with Crippen molar-refractivity contribution in [2.75, 3.05) is 0 Å². The third-order valence-electron chi connectivity index (χ3n) is 2.72. The van der Waals surface area contributed by atoms with Crippen LogP contribution in [0.5, 0.6) is 0 Å². The molecule has 0 radical (unpaired) electrons. The maximum absolute atomic E-state index is 11.5. The maximum atomic E-state index is 11.5. The highest BCUT2D eigenvalue weighted by Gasteiger charge is 2.24. The van der Waals surface area contributed by atoms with Crippen LogP contribution < -0.4 is 5.32 Å². The Kier molecular flexibility index (Phi) is 4.15. The van der Waals surface area contributed by atoms with Crippen molar-refractivity contribution in [3.8, 4) is 0 Å². The van der Waals surface area contributed by atoms with Gasteiger partial charge in [-0.05, 0) is 41.8 Å². The summed E-state index contributed by atoms with van der Waals surface area (Å²) in [5.41, 5.74) is 0.855. The molecule has 0 bridgehead atoms. The Morgan fingerprint density at radius 3 is 2.94 bits per heavy atom. The molecule has 1 saturated carbocycles. The predicted molar refractivity (Wildman–Crippen MR) is 70.2 cm³/mol. The van der Waals surface area contributed by atoms with Gasteiger partial charge in [0.1, 0.15) is 0 Å². The van der Waals surface area contributed by atoms with E-state index in [9.17, 15) is 9.59 Å². The number of thiophene rings is 1. The first-order chi connectivity index (χ1) is 8.63. The largest absolute Gasteiger partial charge is 0.478 e. The van der Waals surface area contributed by atoms with Crippen LogP contribution in [-0.2, 0) is 16.1 Å². The molecule has 0 saturated heterocycles. The van der Waals surface area contributed by atoms with Gasteiger partial charge in [0.15, 0.2) is 0 Å². The lowest BCUT2D eigenvalue weighted by Gasteiger charge is -2.01. The van der Waals surface area contributed by atoms with Gasteiger partial charge in [-0.3, -0.25) is 4.79 Å². The first kappa shape index (κ1) is 12.8. The number of carboxylic acids is 1. The quantitative estimate of drug-likeness (QED) is 0.775. The second-order valence-electron chi connectivity index (χ2n) is 4.44. The molecular weight excluding hydrogens is 250 g/mol. The molecule has 1 aliphatic rings. The molecule has 5 heteroatoms. The fraction of sp³-hybridized carbons (Fsp3) is 0.385. The molecule has 0 unspecified atom stereocenters. The summed E-state index contributed by atoms with van der Waals surface area (Å²) in [6.45, 7) is 0.525. The summed E-state index contributed by atoms with van der Waals surface area (Å²) in [7, 11) is 0. The summed E-state index contributed by atoms with van der Waals surface area (Å²) in [5, 5.41) is 13.3. The van der Waals surface area contributed by atoms with Gasteiger partial charge >= 0.3 is 5.97 Å². The summed E-state index contributed by atoms with van der Waals surface area (Å²) in [6.07, 6.45) is 5.65. The molecular formula is C13H15NO3S. The van der Waals surface area contributed by atoms with E-state index in [0.717, 1.165) is 16.5 Å². The minimum atomic E-state index is -0.958. The molecule has 0 aromatic carbocycles. The van der Waals surface area contributed by atoms with Crippen LogP contribution in [0.3, 0.4) is 0 Å². The second-order valence-corrected chi connectivity index (χ2v) is 5.44. The van der Waals surface area contributed by atoms with Gasteiger partial charge in [0.2, 0.25) is 5.91 Å². The van der Waals surface area contributed by atoms with E-state index >= 15 is 0 Å². The van der Waals surface area contributed by atoms with Crippen LogP contribution in [0, 0.1) is 5.92 Å². The zero-order valence-electron chi connectivity index (χ0n) is 9.89. The normalized spacial score (nSPS) is 14.9. The van der Waals surface area contributed by atoms with Crippen molar-refractivity contribution in [2.24, 2.45) is 5.92 Å². The van der Waals surface area contributed by atoms with Gasteiger partial charge in [-0.15, -0.1) is 11.3 Å². The highest BCUT2D eigenvalue weighted by atomic mass is 32.1. The Hall–Kier alpha value is -1.62. The number of aliphatic carboxylic acids is 1. The number of rotatable bonds is 6. The molecule has 1 aromatic rings. The summed E-state index contributed by atoms with van der Waals surface area (Å²) in [6, 6.07) is 1.89. The number of carbonyl (C=O) groups excluding carboxylic acids is 1. The molecule has 1 aliphatic carbocycles. The molecule has 4 nitrogen and oxygen atoms in total.